The van der Waals surface area contributed by atoms with Gasteiger partial charge in [0.2, 0.25) is 16.2 Å². The molecular weight excluding hydrogens is 358 g/mol. The molecule has 25 heavy (non-hydrogen) atoms. The Morgan fingerprint density at radius 3 is 2.80 bits per heavy atom. The third kappa shape index (κ3) is 4.83. The molecule has 8 nitrogen and oxygen atoms in total. The van der Waals surface area contributed by atoms with E-state index in [1.165, 1.54) is 23.1 Å². The highest BCUT2D eigenvalue weighted by atomic mass is 32.2. The number of rotatable bonds is 7. The largest absolute Gasteiger partial charge is 0.300 e. The molecule has 2 heterocycles. The first-order valence-electron chi connectivity index (χ1n) is 7.70. The van der Waals surface area contributed by atoms with E-state index < -0.39 is 0 Å². The first-order valence-corrected chi connectivity index (χ1v) is 9.51. The highest BCUT2D eigenvalue weighted by Crippen LogP contribution is 2.20. The van der Waals surface area contributed by atoms with Crippen molar-refractivity contribution in [3.63, 3.8) is 0 Å². The van der Waals surface area contributed by atoms with Gasteiger partial charge in [0, 0.05) is 6.42 Å². The van der Waals surface area contributed by atoms with Crippen LogP contribution in [-0.2, 0) is 11.2 Å². The molecule has 3 aromatic rings. The second-order valence-corrected chi connectivity index (χ2v) is 7.65. The summed E-state index contributed by atoms with van der Waals surface area (Å²) in [6.07, 6.45) is 0.855. The van der Waals surface area contributed by atoms with Crippen molar-refractivity contribution in [2.45, 2.75) is 25.4 Å². The number of anilines is 1. The standard InChI is InChI=1S/C15H17N7OS2/c1-10(2)8-13-17-18-14(25-13)16-12(23)9-24-15-19-20-21-22(15)11-6-4-3-5-7-11/h3-7,10H,8-9H2,1-2H3,(H,16,18,23). The summed E-state index contributed by atoms with van der Waals surface area (Å²) in [7, 11) is 0. The van der Waals surface area contributed by atoms with Crippen LogP contribution in [-0.4, -0.2) is 42.1 Å². The maximum atomic E-state index is 12.1. The zero-order chi connectivity index (χ0) is 17.6. The fraction of sp³-hybridized carbons (Fsp3) is 0.333. The van der Waals surface area contributed by atoms with Crippen LogP contribution in [0.15, 0.2) is 35.5 Å². The Balaban J connectivity index is 1.57. The zero-order valence-electron chi connectivity index (χ0n) is 13.8. The number of carbonyl (C=O) groups excluding carboxylic acids is 1. The quantitative estimate of drug-likeness (QED) is 0.633. The van der Waals surface area contributed by atoms with Crippen LogP contribution < -0.4 is 5.32 Å². The molecule has 0 fully saturated rings. The topological polar surface area (TPSA) is 98.5 Å². The van der Waals surface area contributed by atoms with Crippen molar-refractivity contribution in [3.05, 3.63) is 35.3 Å². The number of carbonyl (C=O) groups is 1. The average Bonchev–Trinajstić information content (AvgIpc) is 3.22. The van der Waals surface area contributed by atoms with E-state index in [2.05, 4.69) is 44.9 Å². The molecule has 0 radical (unpaired) electrons. The van der Waals surface area contributed by atoms with Crippen LogP contribution in [0.3, 0.4) is 0 Å². The smallest absolute Gasteiger partial charge is 0.236 e. The van der Waals surface area contributed by atoms with Crippen LogP contribution in [0.5, 0.6) is 0 Å². The lowest BCUT2D eigenvalue weighted by Crippen LogP contribution is -2.14. The molecule has 1 N–H and O–H groups in total. The van der Waals surface area contributed by atoms with Crippen molar-refractivity contribution >= 4 is 34.1 Å². The summed E-state index contributed by atoms with van der Waals surface area (Å²) in [6, 6.07) is 9.53. The Morgan fingerprint density at radius 1 is 1.24 bits per heavy atom. The number of nitrogens with one attached hydrogen (secondary N) is 1. The molecule has 0 saturated carbocycles. The summed E-state index contributed by atoms with van der Waals surface area (Å²) in [5.41, 5.74) is 0.845. The predicted octanol–water partition coefficient (Wildman–Crippen LogP) is 2.44. The van der Waals surface area contributed by atoms with E-state index in [9.17, 15) is 4.79 Å². The molecule has 0 atom stereocenters. The Labute approximate surface area is 153 Å². The normalized spacial score (nSPS) is 11.0. The number of benzene rings is 1. The lowest BCUT2D eigenvalue weighted by Gasteiger charge is -2.03. The minimum Gasteiger partial charge on any atom is -0.300 e. The molecule has 0 aliphatic heterocycles. The van der Waals surface area contributed by atoms with Crippen LogP contribution in [0.2, 0.25) is 0 Å². The number of thioether (sulfide) groups is 1. The number of para-hydroxylation sites is 1. The van der Waals surface area contributed by atoms with Gasteiger partial charge in [-0.3, -0.25) is 10.1 Å². The fourth-order valence-electron chi connectivity index (χ4n) is 2.02. The van der Waals surface area contributed by atoms with Crippen molar-refractivity contribution in [1.29, 1.82) is 0 Å². The second kappa shape index (κ2) is 8.17. The monoisotopic (exact) mass is 375 g/mol. The van der Waals surface area contributed by atoms with Crippen molar-refractivity contribution in [1.82, 2.24) is 30.4 Å². The van der Waals surface area contributed by atoms with Crippen molar-refractivity contribution in [3.8, 4) is 5.69 Å². The minimum atomic E-state index is -0.167. The van der Waals surface area contributed by atoms with Gasteiger partial charge < -0.3 is 0 Å². The lowest BCUT2D eigenvalue weighted by atomic mass is 10.1. The Morgan fingerprint density at radius 2 is 2.04 bits per heavy atom. The highest BCUT2D eigenvalue weighted by Gasteiger charge is 2.13. The third-order valence-corrected chi connectivity index (χ3v) is 4.85. The summed E-state index contributed by atoms with van der Waals surface area (Å²) in [5.74, 6) is 0.524. The third-order valence-electron chi connectivity index (χ3n) is 3.07. The van der Waals surface area contributed by atoms with Gasteiger partial charge in [-0.15, -0.1) is 15.3 Å². The summed E-state index contributed by atoms with van der Waals surface area (Å²) in [5, 5.41) is 24.5. The van der Waals surface area contributed by atoms with Gasteiger partial charge in [-0.05, 0) is 28.5 Å². The van der Waals surface area contributed by atoms with E-state index in [-0.39, 0.29) is 11.7 Å². The molecule has 0 bridgehead atoms. The lowest BCUT2D eigenvalue weighted by molar-refractivity contribution is -0.113. The number of nitrogens with zero attached hydrogens (tertiary/aromatic N) is 6. The van der Waals surface area contributed by atoms with Crippen LogP contribution in [0.1, 0.15) is 18.9 Å². The molecule has 3 rings (SSSR count). The van der Waals surface area contributed by atoms with Crippen LogP contribution >= 0.6 is 23.1 Å². The van der Waals surface area contributed by atoms with Crippen LogP contribution in [0.4, 0.5) is 5.13 Å². The van der Waals surface area contributed by atoms with Gasteiger partial charge in [0.05, 0.1) is 11.4 Å². The summed E-state index contributed by atoms with van der Waals surface area (Å²) >= 11 is 2.67. The molecule has 1 aromatic carbocycles. The first kappa shape index (κ1) is 17.5. The minimum absolute atomic E-state index is 0.167. The van der Waals surface area contributed by atoms with E-state index >= 15 is 0 Å². The van der Waals surface area contributed by atoms with Gasteiger partial charge in [-0.1, -0.05) is 55.1 Å². The number of amides is 1. The molecule has 0 aliphatic carbocycles. The molecule has 130 valence electrons. The summed E-state index contributed by atoms with van der Waals surface area (Å²) in [6.45, 7) is 4.24. The van der Waals surface area contributed by atoms with Gasteiger partial charge >= 0.3 is 0 Å². The predicted molar refractivity (Wildman–Crippen MR) is 97.0 cm³/mol. The Hall–Kier alpha value is -2.33. The molecule has 0 saturated heterocycles. The van der Waals surface area contributed by atoms with Crippen molar-refractivity contribution < 1.29 is 4.79 Å². The number of hydrogen-bond acceptors (Lipinski definition) is 8. The molecule has 2 aromatic heterocycles. The number of aromatic nitrogens is 6. The molecule has 0 aliphatic rings. The van der Waals surface area contributed by atoms with Gasteiger partial charge in [-0.25, -0.2) is 0 Å². The van der Waals surface area contributed by atoms with Gasteiger partial charge in [0.1, 0.15) is 5.01 Å². The first-order chi connectivity index (χ1) is 12.1. The molecule has 0 spiro atoms. The fourth-order valence-corrected chi connectivity index (χ4v) is 3.68. The van der Waals surface area contributed by atoms with Crippen LogP contribution in [0.25, 0.3) is 5.69 Å². The molecule has 10 heteroatoms. The number of tetrazole rings is 1. The maximum Gasteiger partial charge on any atom is 0.236 e. The second-order valence-electron chi connectivity index (χ2n) is 5.64. The Kier molecular flexibility index (Phi) is 5.71. The van der Waals surface area contributed by atoms with E-state index in [0.717, 1.165) is 17.1 Å². The van der Waals surface area contributed by atoms with Gasteiger partial charge in [0.15, 0.2) is 0 Å². The maximum absolute atomic E-state index is 12.1. The average molecular weight is 375 g/mol. The van der Waals surface area contributed by atoms with E-state index in [1.807, 2.05) is 30.3 Å². The van der Waals surface area contributed by atoms with Gasteiger partial charge in [-0.2, -0.15) is 4.68 Å². The summed E-state index contributed by atoms with van der Waals surface area (Å²) in [4.78, 5) is 12.1. The van der Waals surface area contributed by atoms with E-state index in [4.69, 9.17) is 0 Å². The molecule has 0 unspecified atom stereocenters. The summed E-state index contributed by atoms with van der Waals surface area (Å²) < 4.78 is 1.60. The molecule has 1 amide bonds. The Bertz CT molecular complexity index is 831. The van der Waals surface area contributed by atoms with E-state index in [0.29, 0.717) is 16.2 Å². The highest BCUT2D eigenvalue weighted by molar-refractivity contribution is 7.99. The van der Waals surface area contributed by atoms with Crippen LogP contribution in [0, 0.1) is 5.92 Å². The SMILES string of the molecule is CC(C)Cc1nnc(NC(=O)CSc2nnnn2-c2ccccc2)s1. The zero-order valence-corrected chi connectivity index (χ0v) is 15.4. The van der Waals surface area contributed by atoms with Crippen molar-refractivity contribution in [2.75, 3.05) is 11.1 Å². The molecular formula is C15H17N7OS2. The van der Waals surface area contributed by atoms with E-state index in [1.54, 1.807) is 4.68 Å². The number of hydrogen-bond donors (Lipinski definition) is 1. The van der Waals surface area contributed by atoms with Gasteiger partial charge in [0.25, 0.3) is 0 Å². The van der Waals surface area contributed by atoms with Crippen molar-refractivity contribution in [2.24, 2.45) is 5.92 Å².